The van der Waals surface area contributed by atoms with Crippen molar-refractivity contribution in [3.8, 4) is 0 Å². The molecule has 0 unspecified atom stereocenters. The molecule has 0 radical (unpaired) electrons. The van der Waals surface area contributed by atoms with Gasteiger partial charge in [-0.05, 0) is 37.0 Å². The van der Waals surface area contributed by atoms with Gasteiger partial charge in [-0.1, -0.05) is 23.7 Å². The molecule has 0 saturated carbocycles. The molecule has 0 spiro atoms. The lowest BCUT2D eigenvalue weighted by molar-refractivity contribution is 0.713. The van der Waals surface area contributed by atoms with Gasteiger partial charge in [0.1, 0.15) is 5.82 Å². The van der Waals surface area contributed by atoms with Gasteiger partial charge in [-0.3, -0.25) is 0 Å². The van der Waals surface area contributed by atoms with E-state index in [0.29, 0.717) is 0 Å². The van der Waals surface area contributed by atoms with E-state index in [0.717, 1.165) is 30.1 Å². The predicted molar refractivity (Wildman–Crippen MR) is 66.7 cm³/mol. The summed E-state index contributed by atoms with van der Waals surface area (Å²) in [6.45, 7) is 0. The van der Waals surface area contributed by atoms with E-state index in [-0.39, 0.29) is 0 Å². The van der Waals surface area contributed by atoms with Crippen molar-refractivity contribution >= 4 is 11.6 Å². The second-order valence-corrected chi connectivity index (χ2v) is 4.31. The number of hydrogen-bond acceptors (Lipinski definition) is 1. The third-order valence-corrected chi connectivity index (χ3v) is 2.85. The summed E-state index contributed by atoms with van der Waals surface area (Å²) in [5.74, 6) is 1.08. The number of aryl methyl sites for hydroxylation is 2. The second-order valence-electron chi connectivity index (χ2n) is 3.87. The summed E-state index contributed by atoms with van der Waals surface area (Å²) < 4.78 is 0. The molecule has 2 nitrogen and oxygen atoms in total. The maximum Gasteiger partial charge on any atom is 0.105 e. The topological polar surface area (TPSA) is 28.7 Å². The molecular weight excluding hydrogens is 220 g/mol. The molecule has 1 aromatic heterocycles. The average Bonchev–Trinajstić information content (AvgIpc) is 2.80. The van der Waals surface area contributed by atoms with Crippen molar-refractivity contribution in [1.29, 1.82) is 0 Å². The molecule has 0 aliphatic carbocycles. The first-order chi connectivity index (χ1) is 7.84. The molecule has 0 aliphatic rings. The van der Waals surface area contributed by atoms with E-state index in [1.807, 2.05) is 18.3 Å². The molecule has 1 N–H and O–H groups in total. The van der Waals surface area contributed by atoms with Crippen molar-refractivity contribution in [1.82, 2.24) is 9.97 Å². The SMILES string of the molecule is Clc1ccc(CCCCc2ncc[nH]2)cc1. The molecule has 0 amide bonds. The van der Waals surface area contributed by atoms with Crippen LogP contribution in [0.1, 0.15) is 24.2 Å². The van der Waals surface area contributed by atoms with Crippen LogP contribution in [0.4, 0.5) is 0 Å². The standard InChI is InChI=1S/C13H15ClN2/c14-12-7-5-11(6-8-12)3-1-2-4-13-15-9-10-16-13/h5-10H,1-4H2,(H,15,16). The van der Waals surface area contributed by atoms with Crippen LogP contribution in [-0.4, -0.2) is 9.97 Å². The van der Waals surface area contributed by atoms with Crippen LogP contribution in [0.5, 0.6) is 0 Å². The highest BCUT2D eigenvalue weighted by molar-refractivity contribution is 6.30. The van der Waals surface area contributed by atoms with E-state index < -0.39 is 0 Å². The number of halogens is 1. The van der Waals surface area contributed by atoms with Crippen molar-refractivity contribution in [2.75, 3.05) is 0 Å². The van der Waals surface area contributed by atoms with Crippen LogP contribution < -0.4 is 0 Å². The number of nitrogens with zero attached hydrogens (tertiary/aromatic N) is 1. The fourth-order valence-electron chi connectivity index (χ4n) is 1.71. The second kappa shape index (κ2) is 5.71. The average molecular weight is 235 g/mol. The van der Waals surface area contributed by atoms with Crippen LogP contribution >= 0.6 is 11.6 Å². The van der Waals surface area contributed by atoms with Gasteiger partial charge >= 0.3 is 0 Å². The Morgan fingerprint density at radius 1 is 1.06 bits per heavy atom. The maximum atomic E-state index is 5.83. The zero-order valence-electron chi connectivity index (χ0n) is 9.12. The first-order valence-electron chi connectivity index (χ1n) is 5.57. The quantitative estimate of drug-likeness (QED) is 0.787. The Morgan fingerprint density at radius 3 is 2.50 bits per heavy atom. The Morgan fingerprint density at radius 2 is 1.81 bits per heavy atom. The molecule has 1 heterocycles. The number of rotatable bonds is 5. The summed E-state index contributed by atoms with van der Waals surface area (Å²) in [4.78, 5) is 7.31. The molecule has 0 saturated heterocycles. The van der Waals surface area contributed by atoms with Gasteiger partial charge in [-0.25, -0.2) is 4.98 Å². The molecule has 0 fully saturated rings. The summed E-state index contributed by atoms with van der Waals surface area (Å²) >= 11 is 5.83. The molecule has 0 bridgehead atoms. The van der Waals surface area contributed by atoms with E-state index in [2.05, 4.69) is 22.1 Å². The number of benzene rings is 1. The third kappa shape index (κ3) is 3.38. The van der Waals surface area contributed by atoms with Crippen LogP contribution in [0, 0.1) is 0 Å². The van der Waals surface area contributed by atoms with Gasteiger partial charge in [-0.15, -0.1) is 0 Å². The Hall–Kier alpha value is -1.28. The molecule has 0 aliphatic heterocycles. The largest absolute Gasteiger partial charge is 0.349 e. The lowest BCUT2D eigenvalue weighted by Gasteiger charge is -2.01. The van der Waals surface area contributed by atoms with Crippen LogP contribution in [0.2, 0.25) is 5.02 Å². The van der Waals surface area contributed by atoms with Crippen molar-refractivity contribution < 1.29 is 0 Å². The van der Waals surface area contributed by atoms with Crippen molar-refractivity contribution in [2.45, 2.75) is 25.7 Å². The minimum atomic E-state index is 0.805. The van der Waals surface area contributed by atoms with Gasteiger partial charge in [0, 0.05) is 23.8 Å². The highest BCUT2D eigenvalue weighted by atomic mass is 35.5. The number of nitrogens with one attached hydrogen (secondary N) is 1. The molecule has 16 heavy (non-hydrogen) atoms. The highest BCUT2D eigenvalue weighted by Crippen LogP contribution is 2.12. The van der Waals surface area contributed by atoms with Crippen LogP contribution in [-0.2, 0) is 12.8 Å². The summed E-state index contributed by atoms with van der Waals surface area (Å²) in [7, 11) is 0. The number of hydrogen-bond donors (Lipinski definition) is 1. The molecular formula is C13H15ClN2. The number of aromatic nitrogens is 2. The zero-order valence-corrected chi connectivity index (χ0v) is 9.87. The summed E-state index contributed by atoms with van der Waals surface area (Å²) in [5.41, 5.74) is 1.35. The summed E-state index contributed by atoms with van der Waals surface area (Å²) in [6.07, 6.45) is 8.15. The molecule has 1 aromatic carbocycles. The third-order valence-electron chi connectivity index (χ3n) is 2.60. The van der Waals surface area contributed by atoms with E-state index in [1.165, 1.54) is 12.0 Å². The van der Waals surface area contributed by atoms with Crippen molar-refractivity contribution in [3.05, 3.63) is 53.1 Å². The first-order valence-corrected chi connectivity index (χ1v) is 5.95. The minimum absolute atomic E-state index is 0.805. The van der Waals surface area contributed by atoms with Crippen molar-refractivity contribution in [3.63, 3.8) is 0 Å². The van der Waals surface area contributed by atoms with Gasteiger partial charge in [0.2, 0.25) is 0 Å². The fraction of sp³-hybridized carbons (Fsp3) is 0.308. The van der Waals surface area contributed by atoms with E-state index in [9.17, 15) is 0 Å². The predicted octanol–water partition coefficient (Wildman–Crippen LogP) is 3.63. The van der Waals surface area contributed by atoms with E-state index in [4.69, 9.17) is 11.6 Å². The van der Waals surface area contributed by atoms with Crippen molar-refractivity contribution in [2.24, 2.45) is 0 Å². The zero-order chi connectivity index (χ0) is 11.2. The maximum absolute atomic E-state index is 5.83. The summed E-state index contributed by atoms with van der Waals surface area (Å²) in [6, 6.07) is 8.08. The lowest BCUT2D eigenvalue weighted by atomic mass is 10.1. The normalized spacial score (nSPS) is 10.6. The Balaban J connectivity index is 1.70. The smallest absolute Gasteiger partial charge is 0.105 e. The first kappa shape index (κ1) is 11.2. The van der Waals surface area contributed by atoms with Crippen LogP contribution in [0.3, 0.4) is 0 Å². The number of H-pyrrole nitrogens is 1. The number of aromatic amines is 1. The van der Waals surface area contributed by atoms with Gasteiger partial charge in [-0.2, -0.15) is 0 Å². The van der Waals surface area contributed by atoms with Crippen LogP contribution in [0.15, 0.2) is 36.7 Å². The molecule has 0 atom stereocenters. The Labute approximate surface area is 101 Å². The van der Waals surface area contributed by atoms with Gasteiger partial charge in [0.05, 0.1) is 0 Å². The number of imidazole rings is 1. The Kier molecular flexibility index (Phi) is 4.00. The molecule has 2 aromatic rings. The van der Waals surface area contributed by atoms with E-state index >= 15 is 0 Å². The molecule has 3 heteroatoms. The van der Waals surface area contributed by atoms with Gasteiger partial charge in [0.25, 0.3) is 0 Å². The van der Waals surface area contributed by atoms with E-state index in [1.54, 1.807) is 6.20 Å². The van der Waals surface area contributed by atoms with Gasteiger partial charge in [0.15, 0.2) is 0 Å². The molecule has 84 valence electrons. The Bertz CT molecular complexity index is 406. The summed E-state index contributed by atoms with van der Waals surface area (Å²) in [5, 5.41) is 0.805. The lowest BCUT2D eigenvalue weighted by Crippen LogP contribution is -1.90. The minimum Gasteiger partial charge on any atom is -0.349 e. The highest BCUT2D eigenvalue weighted by Gasteiger charge is 1.96. The number of unbranched alkanes of at least 4 members (excludes halogenated alkanes) is 1. The fourth-order valence-corrected chi connectivity index (χ4v) is 1.83. The van der Waals surface area contributed by atoms with Gasteiger partial charge < -0.3 is 4.98 Å². The molecule has 2 rings (SSSR count). The van der Waals surface area contributed by atoms with Crippen LogP contribution in [0.25, 0.3) is 0 Å². The monoisotopic (exact) mass is 234 g/mol.